The topological polar surface area (TPSA) is 40.5 Å². The van der Waals surface area contributed by atoms with Crippen LogP contribution in [0.4, 0.5) is 0 Å². The molecule has 1 atom stereocenters. The Balaban J connectivity index is 2.00. The molecule has 0 fully saturated rings. The summed E-state index contributed by atoms with van der Waals surface area (Å²) in [5.74, 6) is 0.681. The van der Waals surface area contributed by atoms with E-state index in [0.29, 0.717) is 11.5 Å². The maximum absolute atomic E-state index is 10.1. The van der Waals surface area contributed by atoms with E-state index in [1.54, 1.807) is 12.1 Å². The van der Waals surface area contributed by atoms with Gasteiger partial charge in [0, 0.05) is 5.41 Å². The highest BCUT2D eigenvalue weighted by atomic mass is 16.3. The Labute approximate surface area is 137 Å². The average molecular weight is 308 g/mol. The van der Waals surface area contributed by atoms with Gasteiger partial charge in [0.2, 0.25) is 0 Å². The number of aromatic hydroxyl groups is 2. The molecule has 2 N–H and O–H groups in total. The summed E-state index contributed by atoms with van der Waals surface area (Å²) in [4.78, 5) is 0. The zero-order chi connectivity index (χ0) is 16.6. The lowest BCUT2D eigenvalue weighted by Crippen LogP contribution is -2.41. The smallest absolute Gasteiger partial charge is 0.115 e. The van der Waals surface area contributed by atoms with Crippen molar-refractivity contribution in [3.63, 3.8) is 0 Å². The second kappa shape index (κ2) is 4.11. The predicted octanol–water partition coefficient (Wildman–Crippen LogP) is 4.55. The predicted molar refractivity (Wildman–Crippen MR) is 92.3 cm³/mol. The molecular formula is C21H24O2. The second-order valence-electron chi connectivity index (χ2n) is 8.52. The van der Waals surface area contributed by atoms with Crippen LogP contribution >= 0.6 is 0 Å². The number of fused-ring (bicyclic) bond motifs is 3. The van der Waals surface area contributed by atoms with Crippen LogP contribution in [-0.4, -0.2) is 10.2 Å². The van der Waals surface area contributed by atoms with Crippen LogP contribution in [0.15, 0.2) is 36.4 Å². The SMILES string of the molecule is CC1(C)CC2(Cc3cc(O)ccc3C2(C)C)c2cc(O)ccc21. The fraction of sp³-hybridized carbons (Fsp3) is 0.429. The molecule has 1 unspecified atom stereocenters. The molecule has 23 heavy (non-hydrogen) atoms. The summed E-state index contributed by atoms with van der Waals surface area (Å²) in [5.41, 5.74) is 5.21. The monoisotopic (exact) mass is 308 g/mol. The van der Waals surface area contributed by atoms with E-state index in [4.69, 9.17) is 0 Å². The van der Waals surface area contributed by atoms with Gasteiger partial charge in [0.25, 0.3) is 0 Å². The van der Waals surface area contributed by atoms with Crippen molar-refractivity contribution in [3.8, 4) is 11.5 Å². The molecule has 2 aliphatic rings. The molecule has 0 bridgehead atoms. The second-order valence-corrected chi connectivity index (χ2v) is 8.52. The number of hydrogen-bond donors (Lipinski definition) is 2. The fourth-order valence-electron chi connectivity index (χ4n) is 5.32. The Hall–Kier alpha value is -1.96. The summed E-state index contributed by atoms with van der Waals surface area (Å²) < 4.78 is 0. The summed E-state index contributed by atoms with van der Waals surface area (Å²) in [6.45, 7) is 9.22. The minimum absolute atomic E-state index is 0.0271. The first-order chi connectivity index (χ1) is 10.7. The van der Waals surface area contributed by atoms with Crippen LogP contribution in [0.1, 0.15) is 56.4 Å². The summed E-state index contributed by atoms with van der Waals surface area (Å²) >= 11 is 0. The molecule has 0 radical (unpaired) electrons. The highest BCUT2D eigenvalue weighted by Gasteiger charge is 2.59. The highest BCUT2D eigenvalue weighted by molar-refractivity contribution is 5.59. The van der Waals surface area contributed by atoms with Crippen LogP contribution < -0.4 is 0 Å². The van der Waals surface area contributed by atoms with E-state index in [1.165, 1.54) is 22.3 Å². The van der Waals surface area contributed by atoms with Gasteiger partial charge >= 0.3 is 0 Å². The molecule has 2 aromatic carbocycles. The molecule has 0 aromatic heterocycles. The van der Waals surface area contributed by atoms with Crippen LogP contribution in [0.2, 0.25) is 0 Å². The lowest BCUT2D eigenvalue weighted by atomic mass is 9.62. The molecule has 120 valence electrons. The standard InChI is InChI=1S/C21H24O2/c1-19(2)12-21(18-10-15(23)6-8-17(18)19)11-13-9-14(22)5-7-16(13)20(21,3)4/h5-10,22-23H,11-12H2,1-4H3. The molecule has 2 aromatic rings. The first kappa shape index (κ1) is 14.6. The fourth-order valence-corrected chi connectivity index (χ4v) is 5.32. The summed E-state index contributed by atoms with van der Waals surface area (Å²) in [6, 6.07) is 11.7. The zero-order valence-electron chi connectivity index (χ0n) is 14.3. The van der Waals surface area contributed by atoms with Crippen molar-refractivity contribution in [1.82, 2.24) is 0 Å². The zero-order valence-corrected chi connectivity index (χ0v) is 14.3. The van der Waals surface area contributed by atoms with Crippen molar-refractivity contribution in [1.29, 1.82) is 0 Å². The van der Waals surface area contributed by atoms with Crippen molar-refractivity contribution in [2.45, 2.75) is 56.8 Å². The van der Waals surface area contributed by atoms with Crippen LogP contribution in [0.3, 0.4) is 0 Å². The molecule has 0 saturated carbocycles. The van der Waals surface area contributed by atoms with Crippen LogP contribution in [0.5, 0.6) is 11.5 Å². The lowest BCUT2D eigenvalue weighted by Gasteiger charge is -2.41. The van der Waals surface area contributed by atoms with Gasteiger partial charge in [-0.25, -0.2) is 0 Å². The average Bonchev–Trinajstić information content (AvgIpc) is 2.79. The van der Waals surface area contributed by atoms with Crippen molar-refractivity contribution >= 4 is 0 Å². The van der Waals surface area contributed by atoms with Crippen molar-refractivity contribution in [3.05, 3.63) is 58.7 Å². The molecule has 2 nitrogen and oxygen atoms in total. The van der Waals surface area contributed by atoms with E-state index in [9.17, 15) is 10.2 Å². The molecule has 4 rings (SSSR count). The minimum atomic E-state index is -0.0354. The third-order valence-electron chi connectivity index (χ3n) is 6.44. The molecule has 0 aliphatic heterocycles. The molecule has 0 heterocycles. The third-order valence-corrected chi connectivity index (χ3v) is 6.44. The summed E-state index contributed by atoms with van der Waals surface area (Å²) in [6.07, 6.45) is 1.98. The number of hydrogen-bond acceptors (Lipinski definition) is 2. The van der Waals surface area contributed by atoms with Crippen LogP contribution in [0, 0.1) is 0 Å². The molecule has 2 heteroatoms. The molecule has 2 aliphatic carbocycles. The van der Waals surface area contributed by atoms with Gasteiger partial charge in [0.05, 0.1) is 0 Å². The molecule has 0 amide bonds. The van der Waals surface area contributed by atoms with Crippen molar-refractivity contribution in [2.24, 2.45) is 0 Å². The number of phenolic OH excluding ortho intramolecular Hbond substituents is 2. The van der Waals surface area contributed by atoms with E-state index in [2.05, 4.69) is 39.8 Å². The summed E-state index contributed by atoms with van der Waals surface area (Å²) in [7, 11) is 0. The summed E-state index contributed by atoms with van der Waals surface area (Å²) in [5, 5.41) is 20.0. The lowest BCUT2D eigenvalue weighted by molar-refractivity contribution is 0.242. The Morgan fingerprint density at radius 1 is 0.783 bits per heavy atom. The van der Waals surface area contributed by atoms with Crippen LogP contribution in [-0.2, 0) is 22.7 Å². The van der Waals surface area contributed by atoms with E-state index < -0.39 is 0 Å². The van der Waals surface area contributed by atoms with Gasteiger partial charge in [-0.3, -0.25) is 0 Å². The van der Waals surface area contributed by atoms with Gasteiger partial charge in [-0.15, -0.1) is 0 Å². The van der Waals surface area contributed by atoms with Gasteiger partial charge in [-0.1, -0.05) is 39.8 Å². The maximum atomic E-state index is 10.1. The Kier molecular flexibility index (Phi) is 2.61. The van der Waals surface area contributed by atoms with Crippen molar-refractivity contribution < 1.29 is 10.2 Å². The van der Waals surface area contributed by atoms with E-state index in [1.807, 2.05) is 12.1 Å². The van der Waals surface area contributed by atoms with E-state index in [0.717, 1.165) is 12.8 Å². The normalized spacial score (nSPS) is 26.3. The van der Waals surface area contributed by atoms with Gasteiger partial charge in [-0.05, 0) is 70.2 Å². The quantitative estimate of drug-likeness (QED) is 0.749. The first-order valence-electron chi connectivity index (χ1n) is 8.34. The number of rotatable bonds is 0. The Morgan fingerprint density at radius 3 is 2.09 bits per heavy atom. The minimum Gasteiger partial charge on any atom is -0.508 e. The molecular weight excluding hydrogens is 284 g/mol. The van der Waals surface area contributed by atoms with Gasteiger partial charge in [-0.2, -0.15) is 0 Å². The largest absolute Gasteiger partial charge is 0.508 e. The van der Waals surface area contributed by atoms with E-state index in [-0.39, 0.29) is 16.2 Å². The molecule has 1 spiro atoms. The molecule has 0 saturated heterocycles. The first-order valence-corrected chi connectivity index (χ1v) is 8.34. The highest BCUT2D eigenvalue weighted by Crippen LogP contribution is 2.63. The van der Waals surface area contributed by atoms with Crippen LogP contribution in [0.25, 0.3) is 0 Å². The van der Waals surface area contributed by atoms with E-state index >= 15 is 0 Å². The van der Waals surface area contributed by atoms with Gasteiger partial charge in [0.15, 0.2) is 0 Å². The number of benzene rings is 2. The van der Waals surface area contributed by atoms with Gasteiger partial charge in [0.1, 0.15) is 11.5 Å². The third kappa shape index (κ3) is 1.69. The van der Waals surface area contributed by atoms with Crippen molar-refractivity contribution in [2.75, 3.05) is 0 Å². The Bertz CT molecular complexity index is 817. The maximum Gasteiger partial charge on any atom is 0.115 e. The Morgan fingerprint density at radius 2 is 1.39 bits per heavy atom. The number of phenols is 2. The van der Waals surface area contributed by atoms with Gasteiger partial charge < -0.3 is 10.2 Å².